The Hall–Kier alpha value is -3.42. The SMILES string of the molecule is COc1ccc(Cn2nnc(C(=O)O)c2OC2CCC(c3ccc(F)cc3)CC2)cc1. The van der Waals surface area contributed by atoms with Crippen molar-refractivity contribution in [1.29, 1.82) is 0 Å². The minimum atomic E-state index is -1.17. The zero-order chi connectivity index (χ0) is 21.8. The van der Waals surface area contributed by atoms with E-state index in [1.54, 1.807) is 7.11 Å². The first kappa shape index (κ1) is 20.8. The monoisotopic (exact) mass is 425 g/mol. The highest BCUT2D eigenvalue weighted by Gasteiger charge is 2.28. The molecule has 8 heteroatoms. The number of aromatic nitrogens is 3. The van der Waals surface area contributed by atoms with Gasteiger partial charge in [0, 0.05) is 0 Å². The second kappa shape index (κ2) is 9.16. The summed E-state index contributed by atoms with van der Waals surface area (Å²) in [6.07, 6.45) is 3.20. The van der Waals surface area contributed by atoms with Gasteiger partial charge in [-0.25, -0.2) is 13.9 Å². The van der Waals surface area contributed by atoms with Crippen LogP contribution in [0, 0.1) is 5.82 Å². The summed E-state index contributed by atoms with van der Waals surface area (Å²) in [6.45, 7) is 0.338. The van der Waals surface area contributed by atoms with Crippen LogP contribution in [-0.2, 0) is 6.54 Å². The van der Waals surface area contributed by atoms with Gasteiger partial charge in [0.1, 0.15) is 17.7 Å². The second-order valence-electron chi connectivity index (χ2n) is 7.70. The van der Waals surface area contributed by atoms with Gasteiger partial charge in [-0.2, -0.15) is 0 Å². The molecule has 31 heavy (non-hydrogen) atoms. The van der Waals surface area contributed by atoms with E-state index in [-0.39, 0.29) is 23.5 Å². The van der Waals surface area contributed by atoms with Gasteiger partial charge in [-0.05, 0) is 67.0 Å². The summed E-state index contributed by atoms with van der Waals surface area (Å²) >= 11 is 0. The van der Waals surface area contributed by atoms with E-state index in [2.05, 4.69) is 10.3 Å². The third-order valence-electron chi connectivity index (χ3n) is 5.68. The van der Waals surface area contributed by atoms with Crippen LogP contribution in [0.4, 0.5) is 4.39 Å². The van der Waals surface area contributed by atoms with Gasteiger partial charge in [0.15, 0.2) is 0 Å². The van der Waals surface area contributed by atoms with Crippen molar-refractivity contribution in [2.45, 2.75) is 44.2 Å². The van der Waals surface area contributed by atoms with Crippen molar-refractivity contribution in [2.75, 3.05) is 7.11 Å². The van der Waals surface area contributed by atoms with Crippen LogP contribution in [-0.4, -0.2) is 39.3 Å². The van der Waals surface area contributed by atoms with E-state index in [1.165, 1.54) is 16.8 Å². The third kappa shape index (κ3) is 4.84. The lowest BCUT2D eigenvalue weighted by Gasteiger charge is -2.29. The van der Waals surface area contributed by atoms with Crippen molar-refractivity contribution in [3.8, 4) is 11.6 Å². The van der Waals surface area contributed by atoms with E-state index in [0.717, 1.165) is 42.6 Å². The number of carbonyl (C=O) groups is 1. The molecule has 0 bridgehead atoms. The highest BCUT2D eigenvalue weighted by atomic mass is 19.1. The van der Waals surface area contributed by atoms with Crippen molar-refractivity contribution in [3.05, 3.63) is 71.2 Å². The summed E-state index contributed by atoms with van der Waals surface area (Å²) in [7, 11) is 1.60. The third-order valence-corrected chi connectivity index (χ3v) is 5.68. The lowest BCUT2D eigenvalue weighted by molar-refractivity contribution is 0.0676. The highest BCUT2D eigenvalue weighted by molar-refractivity contribution is 5.87. The maximum absolute atomic E-state index is 13.2. The van der Waals surface area contributed by atoms with E-state index in [1.807, 2.05) is 36.4 Å². The molecule has 1 heterocycles. The number of benzene rings is 2. The van der Waals surface area contributed by atoms with E-state index in [4.69, 9.17) is 9.47 Å². The molecule has 1 aliphatic rings. The average molecular weight is 425 g/mol. The fourth-order valence-electron chi connectivity index (χ4n) is 3.97. The van der Waals surface area contributed by atoms with Gasteiger partial charge < -0.3 is 14.6 Å². The lowest BCUT2D eigenvalue weighted by atomic mass is 9.83. The van der Waals surface area contributed by atoms with Crippen LogP contribution in [0.1, 0.15) is 53.2 Å². The first-order valence-electron chi connectivity index (χ1n) is 10.3. The number of halogens is 1. The molecule has 162 valence electrons. The summed E-state index contributed by atoms with van der Waals surface area (Å²) in [5, 5.41) is 17.3. The maximum Gasteiger partial charge on any atom is 0.362 e. The van der Waals surface area contributed by atoms with Gasteiger partial charge in [0.25, 0.3) is 0 Å². The Morgan fingerprint density at radius 3 is 2.39 bits per heavy atom. The number of ether oxygens (including phenoxy) is 2. The van der Waals surface area contributed by atoms with Crippen LogP contribution < -0.4 is 9.47 Å². The molecule has 2 aromatic carbocycles. The quantitative estimate of drug-likeness (QED) is 0.608. The molecule has 3 aromatic rings. The minimum absolute atomic E-state index is 0.122. The molecule has 1 aromatic heterocycles. The number of nitrogens with zero attached hydrogens (tertiary/aromatic N) is 3. The molecule has 0 saturated heterocycles. The van der Waals surface area contributed by atoms with Crippen LogP contribution in [0.2, 0.25) is 0 Å². The Labute approximate surface area is 179 Å². The molecule has 1 aliphatic carbocycles. The normalized spacial score (nSPS) is 18.5. The van der Waals surface area contributed by atoms with E-state index >= 15 is 0 Å². The molecule has 1 fully saturated rings. The molecule has 4 rings (SSSR count). The first-order chi connectivity index (χ1) is 15.0. The van der Waals surface area contributed by atoms with Gasteiger partial charge in [0.2, 0.25) is 11.6 Å². The summed E-state index contributed by atoms with van der Waals surface area (Å²) < 4.78 is 25.9. The molecular weight excluding hydrogens is 401 g/mol. The largest absolute Gasteiger partial charge is 0.497 e. The van der Waals surface area contributed by atoms with Gasteiger partial charge in [-0.15, -0.1) is 5.10 Å². The zero-order valence-electron chi connectivity index (χ0n) is 17.2. The first-order valence-corrected chi connectivity index (χ1v) is 10.3. The van der Waals surface area contributed by atoms with Crippen LogP contribution in [0.15, 0.2) is 48.5 Å². The van der Waals surface area contributed by atoms with Crippen LogP contribution in [0.3, 0.4) is 0 Å². The fourth-order valence-corrected chi connectivity index (χ4v) is 3.97. The predicted molar refractivity (Wildman–Crippen MR) is 111 cm³/mol. The summed E-state index contributed by atoms with van der Waals surface area (Å²) in [4.78, 5) is 11.6. The highest BCUT2D eigenvalue weighted by Crippen LogP contribution is 2.35. The standard InChI is InChI=1S/C23H24FN3O4/c1-30-19-10-2-15(3-11-19)14-27-22(21(23(28)29)25-26-27)31-20-12-6-17(7-13-20)16-4-8-18(24)9-5-16/h2-5,8-11,17,20H,6-7,12-14H2,1H3,(H,28,29). The molecule has 0 amide bonds. The molecular formula is C23H24FN3O4. The Morgan fingerprint density at radius 1 is 1.10 bits per heavy atom. The maximum atomic E-state index is 13.2. The number of hydrogen-bond acceptors (Lipinski definition) is 5. The molecule has 0 atom stereocenters. The number of methoxy groups -OCH3 is 1. The Bertz CT molecular complexity index is 1030. The summed E-state index contributed by atoms with van der Waals surface area (Å²) in [5.74, 6) is -0.145. The van der Waals surface area contributed by atoms with Crippen LogP contribution in [0.25, 0.3) is 0 Å². The van der Waals surface area contributed by atoms with Gasteiger partial charge in [0.05, 0.1) is 13.7 Å². The second-order valence-corrected chi connectivity index (χ2v) is 7.70. The Kier molecular flexibility index (Phi) is 6.16. The van der Waals surface area contributed by atoms with Crippen molar-refractivity contribution < 1.29 is 23.8 Å². The van der Waals surface area contributed by atoms with Crippen LogP contribution in [0.5, 0.6) is 11.6 Å². The zero-order valence-corrected chi connectivity index (χ0v) is 17.2. The summed E-state index contributed by atoms with van der Waals surface area (Å²) in [5.41, 5.74) is 1.86. The van der Waals surface area contributed by atoms with Crippen molar-refractivity contribution in [2.24, 2.45) is 0 Å². The van der Waals surface area contributed by atoms with E-state index in [0.29, 0.717) is 12.5 Å². The topological polar surface area (TPSA) is 86.5 Å². The molecule has 0 aliphatic heterocycles. The van der Waals surface area contributed by atoms with E-state index < -0.39 is 5.97 Å². The Balaban J connectivity index is 1.45. The molecule has 1 saturated carbocycles. The van der Waals surface area contributed by atoms with E-state index in [9.17, 15) is 14.3 Å². The average Bonchev–Trinajstić information content (AvgIpc) is 3.18. The van der Waals surface area contributed by atoms with Gasteiger partial charge >= 0.3 is 5.97 Å². The fraction of sp³-hybridized carbons (Fsp3) is 0.348. The molecule has 0 radical (unpaired) electrons. The lowest BCUT2D eigenvalue weighted by Crippen LogP contribution is -2.25. The molecule has 1 N–H and O–H groups in total. The predicted octanol–water partition coefficient (Wildman–Crippen LogP) is 4.28. The van der Waals surface area contributed by atoms with Crippen molar-refractivity contribution in [3.63, 3.8) is 0 Å². The number of aromatic carboxylic acids is 1. The smallest absolute Gasteiger partial charge is 0.362 e. The van der Waals surface area contributed by atoms with Gasteiger partial charge in [-0.3, -0.25) is 0 Å². The Morgan fingerprint density at radius 2 is 1.77 bits per heavy atom. The minimum Gasteiger partial charge on any atom is -0.497 e. The van der Waals surface area contributed by atoms with Crippen molar-refractivity contribution in [1.82, 2.24) is 15.0 Å². The van der Waals surface area contributed by atoms with Crippen molar-refractivity contribution >= 4 is 5.97 Å². The molecule has 0 unspecified atom stereocenters. The van der Waals surface area contributed by atoms with Crippen LogP contribution >= 0.6 is 0 Å². The molecule has 0 spiro atoms. The number of carboxylic acids is 1. The molecule has 7 nitrogen and oxygen atoms in total. The number of carboxylic acid groups (broad SMARTS) is 1. The summed E-state index contributed by atoms with van der Waals surface area (Å²) in [6, 6.07) is 14.1. The van der Waals surface area contributed by atoms with Gasteiger partial charge in [-0.1, -0.05) is 29.5 Å². The number of hydrogen-bond donors (Lipinski definition) is 1. The number of rotatable bonds is 7.